The predicted molar refractivity (Wildman–Crippen MR) is 69.4 cm³/mol. The summed E-state index contributed by atoms with van der Waals surface area (Å²) in [4.78, 5) is 11.7. The molecule has 0 spiro atoms. The topological polar surface area (TPSA) is 55.1 Å². The number of benzene rings is 1. The summed E-state index contributed by atoms with van der Waals surface area (Å²) in [6.45, 7) is 3.84. The van der Waals surface area contributed by atoms with Gasteiger partial charge in [0.05, 0.1) is 0 Å². The molecule has 94 valence electrons. The first kappa shape index (κ1) is 12.4. The molecule has 0 aliphatic rings. The number of anilines is 1. The lowest BCUT2D eigenvalue weighted by atomic mass is 10.0. The molecular formula is C14H16N2O2. The SMILES string of the molecule is Cc1cc(NC(=O)CCc2ccccc2C)no1. The lowest BCUT2D eigenvalue weighted by molar-refractivity contribution is -0.116. The second kappa shape index (κ2) is 5.49. The Hall–Kier alpha value is -2.10. The van der Waals surface area contributed by atoms with Gasteiger partial charge in [0, 0.05) is 12.5 Å². The minimum atomic E-state index is -0.0495. The van der Waals surface area contributed by atoms with Crippen molar-refractivity contribution in [2.45, 2.75) is 26.7 Å². The van der Waals surface area contributed by atoms with E-state index in [1.54, 1.807) is 13.0 Å². The van der Waals surface area contributed by atoms with Crippen molar-refractivity contribution in [3.63, 3.8) is 0 Å². The van der Waals surface area contributed by atoms with E-state index < -0.39 is 0 Å². The van der Waals surface area contributed by atoms with Gasteiger partial charge in [0.15, 0.2) is 5.82 Å². The molecular weight excluding hydrogens is 228 g/mol. The molecule has 0 bridgehead atoms. The van der Waals surface area contributed by atoms with Crippen LogP contribution in [0.1, 0.15) is 23.3 Å². The predicted octanol–water partition coefficient (Wildman–Crippen LogP) is 2.86. The molecule has 0 unspecified atom stereocenters. The first-order valence-corrected chi connectivity index (χ1v) is 5.93. The molecule has 1 aromatic carbocycles. The van der Waals surface area contributed by atoms with Crippen LogP contribution in [0.25, 0.3) is 0 Å². The van der Waals surface area contributed by atoms with E-state index in [-0.39, 0.29) is 5.91 Å². The van der Waals surface area contributed by atoms with Crippen molar-refractivity contribution < 1.29 is 9.32 Å². The van der Waals surface area contributed by atoms with Gasteiger partial charge in [-0.3, -0.25) is 4.79 Å². The first-order valence-electron chi connectivity index (χ1n) is 5.93. The van der Waals surface area contributed by atoms with Gasteiger partial charge in [-0.25, -0.2) is 0 Å². The third-order valence-electron chi connectivity index (χ3n) is 2.78. The number of nitrogens with zero attached hydrogens (tertiary/aromatic N) is 1. The highest BCUT2D eigenvalue weighted by Crippen LogP contribution is 2.11. The highest BCUT2D eigenvalue weighted by atomic mass is 16.5. The third kappa shape index (κ3) is 3.20. The van der Waals surface area contributed by atoms with Crippen LogP contribution >= 0.6 is 0 Å². The van der Waals surface area contributed by atoms with E-state index in [0.717, 1.165) is 6.42 Å². The maximum Gasteiger partial charge on any atom is 0.225 e. The number of hydrogen-bond donors (Lipinski definition) is 1. The van der Waals surface area contributed by atoms with Crippen molar-refractivity contribution in [3.8, 4) is 0 Å². The van der Waals surface area contributed by atoms with Gasteiger partial charge in [-0.2, -0.15) is 0 Å². The lowest BCUT2D eigenvalue weighted by Crippen LogP contribution is -2.12. The van der Waals surface area contributed by atoms with Crippen molar-refractivity contribution in [2.75, 3.05) is 5.32 Å². The number of hydrogen-bond acceptors (Lipinski definition) is 3. The van der Waals surface area contributed by atoms with E-state index in [1.165, 1.54) is 11.1 Å². The summed E-state index contributed by atoms with van der Waals surface area (Å²) in [5.41, 5.74) is 2.41. The second-order valence-electron chi connectivity index (χ2n) is 4.30. The molecule has 4 heteroatoms. The third-order valence-corrected chi connectivity index (χ3v) is 2.78. The minimum Gasteiger partial charge on any atom is -0.360 e. The van der Waals surface area contributed by atoms with E-state index in [0.29, 0.717) is 18.0 Å². The van der Waals surface area contributed by atoms with Gasteiger partial charge in [0.2, 0.25) is 5.91 Å². The second-order valence-corrected chi connectivity index (χ2v) is 4.30. The largest absolute Gasteiger partial charge is 0.360 e. The smallest absolute Gasteiger partial charge is 0.225 e. The first-order chi connectivity index (χ1) is 8.65. The summed E-state index contributed by atoms with van der Waals surface area (Å²) < 4.78 is 4.88. The number of rotatable bonds is 4. The molecule has 0 saturated carbocycles. The van der Waals surface area contributed by atoms with Crippen LogP contribution < -0.4 is 5.32 Å². The molecule has 2 rings (SSSR count). The molecule has 1 amide bonds. The maximum absolute atomic E-state index is 11.7. The summed E-state index contributed by atoms with van der Waals surface area (Å²) in [7, 11) is 0. The van der Waals surface area contributed by atoms with Crippen molar-refractivity contribution in [1.82, 2.24) is 5.16 Å². The summed E-state index contributed by atoms with van der Waals surface area (Å²) in [6.07, 6.45) is 1.17. The summed E-state index contributed by atoms with van der Waals surface area (Å²) in [5.74, 6) is 1.11. The Morgan fingerprint density at radius 3 is 2.78 bits per heavy atom. The molecule has 0 fully saturated rings. The molecule has 1 heterocycles. The van der Waals surface area contributed by atoms with Crippen molar-refractivity contribution in [3.05, 3.63) is 47.2 Å². The number of nitrogens with one attached hydrogen (secondary N) is 1. The summed E-state index contributed by atoms with van der Waals surface area (Å²) in [6, 6.07) is 9.78. The van der Waals surface area contributed by atoms with E-state index in [4.69, 9.17) is 4.52 Å². The molecule has 0 atom stereocenters. The van der Waals surface area contributed by atoms with E-state index in [2.05, 4.69) is 10.5 Å². The van der Waals surface area contributed by atoms with Crippen LogP contribution in [0.4, 0.5) is 5.82 Å². The Balaban J connectivity index is 1.87. The molecule has 1 aromatic heterocycles. The van der Waals surface area contributed by atoms with E-state index >= 15 is 0 Å². The standard InChI is InChI=1S/C14H16N2O2/c1-10-5-3-4-6-12(10)7-8-14(17)15-13-9-11(2)18-16-13/h3-6,9H,7-8H2,1-2H3,(H,15,16,17). The fourth-order valence-corrected chi connectivity index (χ4v) is 1.77. The van der Waals surface area contributed by atoms with Crippen LogP contribution in [0.3, 0.4) is 0 Å². The van der Waals surface area contributed by atoms with Gasteiger partial charge >= 0.3 is 0 Å². The van der Waals surface area contributed by atoms with E-state index in [1.807, 2.05) is 31.2 Å². The highest BCUT2D eigenvalue weighted by Gasteiger charge is 2.07. The molecule has 1 N–H and O–H groups in total. The van der Waals surface area contributed by atoms with Crippen LogP contribution in [0.2, 0.25) is 0 Å². The molecule has 2 aromatic rings. The maximum atomic E-state index is 11.7. The van der Waals surface area contributed by atoms with Crippen LogP contribution in [0.5, 0.6) is 0 Å². The van der Waals surface area contributed by atoms with Crippen molar-refractivity contribution in [2.24, 2.45) is 0 Å². The Morgan fingerprint density at radius 1 is 1.33 bits per heavy atom. The Bertz CT molecular complexity index is 546. The van der Waals surface area contributed by atoms with Crippen LogP contribution in [-0.2, 0) is 11.2 Å². The fourth-order valence-electron chi connectivity index (χ4n) is 1.77. The summed E-state index contributed by atoms with van der Waals surface area (Å²) >= 11 is 0. The number of aryl methyl sites for hydroxylation is 3. The summed E-state index contributed by atoms with van der Waals surface area (Å²) in [5, 5.41) is 6.43. The van der Waals surface area contributed by atoms with Crippen molar-refractivity contribution in [1.29, 1.82) is 0 Å². The minimum absolute atomic E-state index is 0.0495. The normalized spacial score (nSPS) is 10.3. The van der Waals surface area contributed by atoms with Gasteiger partial charge < -0.3 is 9.84 Å². The van der Waals surface area contributed by atoms with Gasteiger partial charge in [0.1, 0.15) is 5.76 Å². The number of amides is 1. The average molecular weight is 244 g/mol. The zero-order chi connectivity index (χ0) is 13.0. The molecule has 18 heavy (non-hydrogen) atoms. The van der Waals surface area contributed by atoms with Gasteiger partial charge in [-0.1, -0.05) is 29.4 Å². The monoisotopic (exact) mass is 244 g/mol. The lowest BCUT2D eigenvalue weighted by Gasteiger charge is -2.04. The zero-order valence-corrected chi connectivity index (χ0v) is 10.6. The van der Waals surface area contributed by atoms with Crippen molar-refractivity contribution >= 4 is 11.7 Å². The van der Waals surface area contributed by atoms with Crippen LogP contribution in [0.15, 0.2) is 34.9 Å². The molecule has 0 radical (unpaired) electrons. The molecule has 4 nitrogen and oxygen atoms in total. The van der Waals surface area contributed by atoms with Crippen LogP contribution in [-0.4, -0.2) is 11.1 Å². The van der Waals surface area contributed by atoms with Gasteiger partial charge in [0.25, 0.3) is 0 Å². The Kier molecular flexibility index (Phi) is 3.77. The van der Waals surface area contributed by atoms with Gasteiger partial charge in [-0.05, 0) is 31.4 Å². The fraction of sp³-hybridized carbons (Fsp3) is 0.286. The number of aromatic nitrogens is 1. The number of carbonyl (C=O) groups is 1. The molecule has 0 aliphatic carbocycles. The zero-order valence-electron chi connectivity index (χ0n) is 10.6. The Morgan fingerprint density at radius 2 is 2.11 bits per heavy atom. The molecule has 0 saturated heterocycles. The highest BCUT2D eigenvalue weighted by molar-refractivity contribution is 5.89. The van der Waals surface area contributed by atoms with E-state index in [9.17, 15) is 4.79 Å². The number of carbonyl (C=O) groups excluding carboxylic acids is 1. The van der Waals surface area contributed by atoms with Crippen LogP contribution in [0, 0.1) is 13.8 Å². The average Bonchev–Trinajstić information content (AvgIpc) is 2.74. The Labute approximate surface area is 106 Å². The molecule has 0 aliphatic heterocycles. The van der Waals surface area contributed by atoms with Gasteiger partial charge in [-0.15, -0.1) is 0 Å². The quantitative estimate of drug-likeness (QED) is 0.899.